The molecule has 0 saturated heterocycles. The molecular weight excluding hydrogens is 366 g/mol. The molecule has 0 unspecified atom stereocenters. The molecule has 29 heavy (non-hydrogen) atoms. The minimum atomic E-state index is 0.534. The zero-order valence-corrected chi connectivity index (χ0v) is 16.3. The predicted molar refractivity (Wildman–Crippen MR) is 112 cm³/mol. The van der Waals surface area contributed by atoms with Gasteiger partial charge in [0.2, 0.25) is 5.95 Å². The number of aromatic nitrogens is 5. The quantitative estimate of drug-likeness (QED) is 0.498. The molecule has 1 aromatic carbocycles. The van der Waals surface area contributed by atoms with Crippen molar-refractivity contribution in [3.8, 4) is 17.0 Å². The molecule has 6 rings (SSSR count). The fraction of sp³-hybridized carbons (Fsp3) is 0.286. The van der Waals surface area contributed by atoms with E-state index < -0.39 is 0 Å². The second-order valence-electron chi connectivity index (χ2n) is 7.28. The van der Waals surface area contributed by atoms with E-state index in [4.69, 9.17) is 4.74 Å². The van der Waals surface area contributed by atoms with Crippen LogP contribution in [0.25, 0.3) is 16.8 Å². The molecule has 0 radical (unpaired) electrons. The summed E-state index contributed by atoms with van der Waals surface area (Å²) in [5, 5.41) is 12.4. The first-order chi connectivity index (χ1) is 14.2. The lowest BCUT2D eigenvalue weighted by Crippen LogP contribution is -2.26. The highest BCUT2D eigenvalue weighted by molar-refractivity contribution is 5.67. The van der Waals surface area contributed by atoms with Crippen molar-refractivity contribution in [1.82, 2.24) is 29.3 Å². The Morgan fingerprint density at radius 1 is 1.00 bits per heavy atom. The van der Waals surface area contributed by atoms with Crippen molar-refractivity contribution in [2.24, 2.45) is 0 Å². The molecule has 0 fully saturated rings. The average molecular weight is 389 g/mol. The van der Waals surface area contributed by atoms with Crippen molar-refractivity contribution in [1.29, 1.82) is 0 Å². The Morgan fingerprint density at radius 2 is 1.90 bits per heavy atom. The number of aryl methyl sites for hydroxylation is 1. The number of rotatable bonds is 0. The summed E-state index contributed by atoms with van der Waals surface area (Å²) in [6, 6.07) is 12.2. The SMILES string of the molecule is CN1CCCn2cc(cn2)Nc2ncc3ccc(n3n2)-c2ccc(cc2)OCC1. The van der Waals surface area contributed by atoms with Crippen LogP contribution in [-0.4, -0.2) is 56.0 Å². The molecule has 5 heterocycles. The van der Waals surface area contributed by atoms with Gasteiger partial charge in [-0.2, -0.15) is 5.10 Å². The van der Waals surface area contributed by atoms with Crippen molar-refractivity contribution in [3.05, 3.63) is 55.0 Å². The molecule has 0 aliphatic carbocycles. The van der Waals surface area contributed by atoms with E-state index in [1.807, 2.05) is 39.8 Å². The summed E-state index contributed by atoms with van der Waals surface area (Å²) in [5.41, 5.74) is 3.90. The Labute approximate surface area is 168 Å². The number of fused-ring (bicyclic) bond motifs is 8. The third kappa shape index (κ3) is 3.79. The molecular formula is C21H23N7O. The lowest BCUT2D eigenvalue weighted by Gasteiger charge is -2.17. The first-order valence-corrected chi connectivity index (χ1v) is 9.81. The molecule has 2 aliphatic rings. The maximum Gasteiger partial charge on any atom is 0.245 e. The minimum Gasteiger partial charge on any atom is -0.492 e. The lowest BCUT2D eigenvalue weighted by molar-refractivity contribution is 0.233. The van der Waals surface area contributed by atoms with Crippen LogP contribution < -0.4 is 10.1 Å². The third-order valence-electron chi connectivity index (χ3n) is 5.11. The molecule has 0 amide bonds. The summed E-state index contributed by atoms with van der Waals surface area (Å²) in [7, 11) is 2.12. The van der Waals surface area contributed by atoms with Crippen molar-refractivity contribution >= 4 is 17.2 Å². The average Bonchev–Trinajstić information content (AvgIpc) is 3.35. The molecule has 0 saturated carbocycles. The van der Waals surface area contributed by atoms with E-state index in [9.17, 15) is 0 Å². The van der Waals surface area contributed by atoms with Gasteiger partial charge in [0.1, 0.15) is 12.4 Å². The monoisotopic (exact) mass is 389 g/mol. The molecule has 8 heteroatoms. The van der Waals surface area contributed by atoms with Gasteiger partial charge in [-0.3, -0.25) is 4.68 Å². The zero-order valence-electron chi connectivity index (χ0n) is 16.3. The third-order valence-corrected chi connectivity index (χ3v) is 5.11. The van der Waals surface area contributed by atoms with E-state index in [-0.39, 0.29) is 0 Å². The summed E-state index contributed by atoms with van der Waals surface area (Å²) in [6.07, 6.45) is 6.62. The van der Waals surface area contributed by atoms with Gasteiger partial charge in [-0.05, 0) is 56.4 Å². The zero-order chi connectivity index (χ0) is 19.6. The van der Waals surface area contributed by atoms with Crippen LogP contribution in [0, 0.1) is 0 Å². The van der Waals surface area contributed by atoms with E-state index >= 15 is 0 Å². The van der Waals surface area contributed by atoms with Gasteiger partial charge in [-0.1, -0.05) is 0 Å². The minimum absolute atomic E-state index is 0.534. The molecule has 0 atom stereocenters. The topological polar surface area (TPSA) is 72.5 Å². The predicted octanol–water partition coefficient (Wildman–Crippen LogP) is 3.05. The Balaban J connectivity index is 1.51. The normalized spacial score (nSPS) is 15.5. The molecule has 6 bridgehead atoms. The van der Waals surface area contributed by atoms with E-state index in [2.05, 4.69) is 50.6 Å². The van der Waals surface area contributed by atoms with Gasteiger partial charge >= 0.3 is 0 Å². The highest BCUT2D eigenvalue weighted by Gasteiger charge is 2.10. The second kappa shape index (κ2) is 7.56. The first-order valence-electron chi connectivity index (χ1n) is 9.81. The van der Waals surface area contributed by atoms with Gasteiger partial charge in [0.25, 0.3) is 0 Å². The highest BCUT2D eigenvalue weighted by Crippen LogP contribution is 2.25. The Kier molecular flexibility index (Phi) is 4.61. The van der Waals surface area contributed by atoms with Gasteiger partial charge in [-0.15, -0.1) is 5.10 Å². The van der Waals surface area contributed by atoms with Gasteiger partial charge in [0, 0.05) is 24.8 Å². The number of ether oxygens (including phenoxy) is 1. The van der Waals surface area contributed by atoms with E-state index in [1.165, 1.54) is 0 Å². The van der Waals surface area contributed by atoms with Crippen LogP contribution in [0.15, 0.2) is 55.0 Å². The Hall–Kier alpha value is -3.39. The summed E-state index contributed by atoms with van der Waals surface area (Å²) in [6.45, 7) is 3.39. The molecule has 4 aromatic rings. The number of likely N-dealkylation sites (N-methyl/N-ethyl adjacent to an activating group) is 1. The van der Waals surface area contributed by atoms with Gasteiger partial charge in [0.05, 0.1) is 29.3 Å². The lowest BCUT2D eigenvalue weighted by atomic mass is 10.1. The van der Waals surface area contributed by atoms with E-state index in [0.29, 0.717) is 12.6 Å². The number of nitrogens with zero attached hydrogens (tertiary/aromatic N) is 6. The van der Waals surface area contributed by atoms with E-state index in [1.54, 1.807) is 6.20 Å². The number of hydrogen-bond donors (Lipinski definition) is 1. The number of benzene rings is 1. The van der Waals surface area contributed by atoms with Crippen molar-refractivity contribution < 1.29 is 4.74 Å². The van der Waals surface area contributed by atoms with Crippen LogP contribution >= 0.6 is 0 Å². The molecule has 2 aliphatic heterocycles. The summed E-state index contributed by atoms with van der Waals surface area (Å²) in [4.78, 5) is 6.71. The van der Waals surface area contributed by atoms with Gasteiger partial charge in [-0.25, -0.2) is 9.50 Å². The number of anilines is 2. The molecule has 3 aromatic heterocycles. The Bertz CT molecular complexity index is 1120. The van der Waals surface area contributed by atoms with Crippen molar-refractivity contribution in [2.45, 2.75) is 13.0 Å². The maximum absolute atomic E-state index is 5.91. The summed E-state index contributed by atoms with van der Waals surface area (Å²) in [5.74, 6) is 1.41. The van der Waals surface area contributed by atoms with Crippen molar-refractivity contribution in [3.63, 3.8) is 0 Å². The van der Waals surface area contributed by atoms with Gasteiger partial charge < -0.3 is 15.0 Å². The van der Waals surface area contributed by atoms with Crippen LogP contribution in [0.4, 0.5) is 11.6 Å². The highest BCUT2D eigenvalue weighted by atomic mass is 16.5. The van der Waals surface area contributed by atoms with Crippen LogP contribution in [0.3, 0.4) is 0 Å². The molecule has 148 valence electrons. The first kappa shape index (κ1) is 17.7. The van der Waals surface area contributed by atoms with E-state index in [0.717, 1.165) is 54.3 Å². The van der Waals surface area contributed by atoms with Crippen LogP contribution in [0.1, 0.15) is 6.42 Å². The summed E-state index contributed by atoms with van der Waals surface area (Å²) < 4.78 is 9.76. The fourth-order valence-corrected chi connectivity index (χ4v) is 3.51. The molecule has 0 spiro atoms. The Morgan fingerprint density at radius 3 is 2.79 bits per heavy atom. The van der Waals surface area contributed by atoms with Gasteiger partial charge in [0.15, 0.2) is 0 Å². The summed E-state index contributed by atoms with van der Waals surface area (Å²) >= 11 is 0. The fourth-order valence-electron chi connectivity index (χ4n) is 3.51. The standard InChI is InChI=1S/C21H23N7O/c1-26-9-2-10-27-15-17(13-23-27)24-21-22-14-18-5-8-20(28(18)25-21)16-3-6-19(7-4-16)29-12-11-26/h3-8,13-15H,2,9-12H2,1H3,(H,24,25). The van der Waals surface area contributed by atoms with Crippen molar-refractivity contribution in [2.75, 3.05) is 32.1 Å². The van der Waals surface area contributed by atoms with Crippen LogP contribution in [-0.2, 0) is 6.54 Å². The number of hydrogen-bond acceptors (Lipinski definition) is 6. The van der Waals surface area contributed by atoms with Crippen LogP contribution in [0.2, 0.25) is 0 Å². The molecule has 1 N–H and O–H groups in total. The smallest absolute Gasteiger partial charge is 0.245 e. The second-order valence-corrected chi connectivity index (χ2v) is 7.28. The largest absolute Gasteiger partial charge is 0.492 e. The maximum atomic E-state index is 5.91. The number of nitrogens with one attached hydrogen (secondary N) is 1. The van der Waals surface area contributed by atoms with Crippen LogP contribution in [0.5, 0.6) is 5.75 Å². The molecule has 8 nitrogen and oxygen atoms in total.